The van der Waals surface area contributed by atoms with Gasteiger partial charge in [0.05, 0.1) is 11.4 Å². The number of aliphatic imine (C=N–C) groups is 1. The standard InChI is InChI=1S/C18H22N6O/c1-13(2)3-4-14-5-9-16(10-6-14)19-18(25)15-7-11-17(12-8-15)24-22-20-21-23-24/h5-13H,3-4H2,1-2H3,(H,19,25)(H,20,23)(H,21,22)/p-1. The van der Waals surface area contributed by atoms with Crippen molar-refractivity contribution in [1.82, 2.24) is 11.1 Å². The Labute approximate surface area is 147 Å². The van der Waals surface area contributed by atoms with Gasteiger partial charge in [0.1, 0.15) is 0 Å². The molecule has 2 aromatic carbocycles. The molecule has 1 heterocycles. The molecule has 0 aromatic heterocycles. The second kappa shape index (κ2) is 7.65. The lowest BCUT2D eigenvalue weighted by molar-refractivity contribution is -0.212. The topological polar surface area (TPSA) is 87.4 Å². The molecule has 0 unspecified atom stereocenters. The molecule has 130 valence electrons. The van der Waals surface area contributed by atoms with E-state index in [2.05, 4.69) is 40.4 Å². The average molecular weight is 337 g/mol. The number of aryl methyl sites for hydroxylation is 1. The van der Waals surface area contributed by atoms with Gasteiger partial charge in [-0.2, -0.15) is 16.2 Å². The predicted molar refractivity (Wildman–Crippen MR) is 95.8 cm³/mol. The fourth-order valence-corrected chi connectivity index (χ4v) is 2.40. The second-order valence-electron chi connectivity index (χ2n) is 6.30. The van der Waals surface area contributed by atoms with E-state index in [9.17, 15) is 5.11 Å². The van der Waals surface area contributed by atoms with Crippen molar-refractivity contribution in [2.45, 2.75) is 26.7 Å². The van der Waals surface area contributed by atoms with Gasteiger partial charge in [0.2, 0.25) is 0 Å². The van der Waals surface area contributed by atoms with E-state index in [1.807, 2.05) is 24.3 Å². The van der Waals surface area contributed by atoms with Crippen LogP contribution in [0.5, 0.6) is 0 Å². The molecule has 2 N–H and O–H groups in total. The first-order chi connectivity index (χ1) is 12.1. The lowest BCUT2D eigenvalue weighted by atomic mass is 10.0. The number of nitrogens with zero attached hydrogens (tertiary/aromatic N) is 4. The van der Waals surface area contributed by atoms with Gasteiger partial charge >= 0.3 is 0 Å². The molecule has 25 heavy (non-hydrogen) atoms. The van der Waals surface area contributed by atoms with Crippen LogP contribution < -0.4 is 21.3 Å². The van der Waals surface area contributed by atoms with Crippen molar-refractivity contribution in [3.05, 3.63) is 59.7 Å². The van der Waals surface area contributed by atoms with Crippen LogP contribution in [0.25, 0.3) is 0 Å². The summed E-state index contributed by atoms with van der Waals surface area (Å²) in [5.41, 5.74) is 8.57. The maximum Gasteiger partial charge on any atom is 0.0845 e. The van der Waals surface area contributed by atoms with Crippen LogP contribution in [-0.4, -0.2) is 5.90 Å². The molecule has 0 spiro atoms. The minimum atomic E-state index is -0.266. The number of anilines is 1. The Bertz CT molecular complexity index is 744. The summed E-state index contributed by atoms with van der Waals surface area (Å²) >= 11 is 0. The molecule has 3 rings (SSSR count). The minimum Gasteiger partial charge on any atom is -0.858 e. The van der Waals surface area contributed by atoms with Crippen molar-refractivity contribution < 1.29 is 5.11 Å². The third-order valence-electron chi connectivity index (χ3n) is 3.89. The predicted octanol–water partition coefficient (Wildman–Crippen LogP) is 2.83. The van der Waals surface area contributed by atoms with Crippen LogP contribution in [0.3, 0.4) is 0 Å². The fourth-order valence-electron chi connectivity index (χ4n) is 2.40. The molecule has 0 saturated carbocycles. The van der Waals surface area contributed by atoms with Gasteiger partial charge in [-0.1, -0.05) is 38.1 Å². The van der Waals surface area contributed by atoms with Crippen LogP contribution in [0.1, 0.15) is 31.4 Å². The molecule has 1 aliphatic rings. The number of hydrogen-bond acceptors (Lipinski definition) is 7. The van der Waals surface area contributed by atoms with Gasteiger partial charge in [0.25, 0.3) is 0 Å². The van der Waals surface area contributed by atoms with Crippen LogP contribution in [0.4, 0.5) is 11.4 Å². The third-order valence-corrected chi connectivity index (χ3v) is 3.89. The lowest BCUT2D eigenvalue weighted by Gasteiger charge is -2.16. The van der Waals surface area contributed by atoms with Crippen LogP contribution in [-0.2, 0) is 6.42 Å². The van der Waals surface area contributed by atoms with Crippen molar-refractivity contribution in [3.8, 4) is 0 Å². The van der Waals surface area contributed by atoms with Crippen molar-refractivity contribution in [2.75, 3.05) is 5.12 Å². The van der Waals surface area contributed by atoms with E-state index in [1.54, 1.807) is 24.3 Å². The summed E-state index contributed by atoms with van der Waals surface area (Å²) in [7, 11) is 0. The van der Waals surface area contributed by atoms with Crippen LogP contribution >= 0.6 is 0 Å². The Hall–Kier alpha value is -3.09. The SMILES string of the molecule is CC(C)CCc1ccc(N=C([O-])c2ccc(N3NN=NN3)cc2)cc1. The maximum atomic E-state index is 12.3. The Morgan fingerprint density at radius 2 is 1.68 bits per heavy atom. The monoisotopic (exact) mass is 337 g/mol. The molecule has 0 saturated heterocycles. The lowest BCUT2D eigenvalue weighted by Crippen LogP contribution is -2.37. The highest BCUT2D eigenvalue weighted by molar-refractivity contribution is 5.92. The molecular formula is C18H21N6O-. The summed E-state index contributed by atoms with van der Waals surface area (Å²) in [6.45, 7) is 4.43. The molecule has 0 radical (unpaired) electrons. The highest BCUT2D eigenvalue weighted by Crippen LogP contribution is 2.18. The molecule has 0 aliphatic carbocycles. The Balaban J connectivity index is 1.66. The quantitative estimate of drug-likeness (QED) is 0.627. The first kappa shape index (κ1) is 16.8. The Kier molecular flexibility index (Phi) is 5.13. The number of hydrazine groups is 2. The fraction of sp³-hybridized carbons (Fsp3) is 0.278. The molecule has 0 atom stereocenters. The van der Waals surface area contributed by atoms with Gasteiger partial charge in [-0.3, -0.25) is 4.99 Å². The van der Waals surface area contributed by atoms with Crippen molar-refractivity contribution in [2.24, 2.45) is 21.4 Å². The molecule has 7 heteroatoms. The highest BCUT2D eigenvalue weighted by atomic mass is 16.3. The summed E-state index contributed by atoms with van der Waals surface area (Å²) in [6.07, 6.45) is 2.20. The average Bonchev–Trinajstić information content (AvgIpc) is 3.16. The largest absolute Gasteiger partial charge is 0.858 e. The van der Waals surface area contributed by atoms with Crippen LogP contribution in [0.2, 0.25) is 0 Å². The van der Waals surface area contributed by atoms with E-state index in [0.717, 1.165) is 18.5 Å². The first-order valence-electron chi connectivity index (χ1n) is 8.28. The number of hydrogen-bond donors (Lipinski definition) is 2. The minimum absolute atomic E-state index is 0.266. The third kappa shape index (κ3) is 4.47. The number of nitrogens with one attached hydrogen (secondary N) is 2. The summed E-state index contributed by atoms with van der Waals surface area (Å²) in [5, 5.41) is 21.0. The molecule has 2 aromatic rings. The molecule has 0 fully saturated rings. The molecule has 1 aliphatic heterocycles. The normalized spacial score (nSPS) is 13.9. The van der Waals surface area contributed by atoms with Gasteiger partial charge in [0, 0.05) is 0 Å². The number of benzene rings is 2. The van der Waals surface area contributed by atoms with Gasteiger partial charge in [-0.15, -0.1) is 0 Å². The molecule has 7 nitrogen and oxygen atoms in total. The molecule has 0 amide bonds. The summed E-state index contributed by atoms with van der Waals surface area (Å²) in [6, 6.07) is 14.9. The Morgan fingerprint density at radius 3 is 2.28 bits per heavy atom. The summed E-state index contributed by atoms with van der Waals surface area (Å²) in [4.78, 5) is 4.17. The zero-order chi connectivity index (χ0) is 17.6. The van der Waals surface area contributed by atoms with E-state index in [1.165, 1.54) is 10.7 Å². The first-order valence-corrected chi connectivity index (χ1v) is 8.28. The summed E-state index contributed by atoms with van der Waals surface area (Å²) in [5.74, 6) is 0.417. The van der Waals surface area contributed by atoms with Crippen molar-refractivity contribution in [1.29, 1.82) is 0 Å². The maximum absolute atomic E-state index is 12.3. The van der Waals surface area contributed by atoms with Crippen molar-refractivity contribution >= 4 is 17.3 Å². The second-order valence-corrected chi connectivity index (χ2v) is 6.30. The van der Waals surface area contributed by atoms with E-state index in [-0.39, 0.29) is 5.90 Å². The van der Waals surface area contributed by atoms with Gasteiger partial charge in [-0.05, 0) is 70.5 Å². The Morgan fingerprint density at radius 1 is 1.04 bits per heavy atom. The summed E-state index contributed by atoms with van der Waals surface area (Å²) < 4.78 is 0. The van der Waals surface area contributed by atoms with E-state index < -0.39 is 0 Å². The highest BCUT2D eigenvalue weighted by Gasteiger charge is 2.08. The van der Waals surface area contributed by atoms with Gasteiger partial charge < -0.3 is 5.11 Å². The van der Waals surface area contributed by atoms with Crippen molar-refractivity contribution in [3.63, 3.8) is 0 Å². The zero-order valence-electron chi connectivity index (χ0n) is 14.3. The smallest absolute Gasteiger partial charge is 0.0845 e. The molecular weight excluding hydrogens is 316 g/mol. The van der Waals surface area contributed by atoms with Crippen LogP contribution in [0.15, 0.2) is 64.0 Å². The van der Waals surface area contributed by atoms with Gasteiger partial charge in [-0.25, -0.2) is 0 Å². The van der Waals surface area contributed by atoms with E-state index in [0.29, 0.717) is 17.2 Å². The van der Waals surface area contributed by atoms with E-state index >= 15 is 0 Å². The van der Waals surface area contributed by atoms with Crippen LogP contribution in [0, 0.1) is 5.92 Å². The van der Waals surface area contributed by atoms with Gasteiger partial charge in [0.15, 0.2) is 0 Å². The van der Waals surface area contributed by atoms with E-state index in [4.69, 9.17) is 0 Å². The zero-order valence-corrected chi connectivity index (χ0v) is 14.3. The number of rotatable bonds is 6. The molecule has 0 bridgehead atoms.